The molecule has 0 aliphatic rings. The van der Waals surface area contributed by atoms with E-state index in [2.05, 4.69) is 0 Å². The van der Waals surface area contributed by atoms with Crippen LogP contribution < -0.4 is 4.72 Å². The molecule has 1 unspecified atom stereocenters. The van der Waals surface area contributed by atoms with Crippen LogP contribution in [-0.4, -0.2) is 37.2 Å². The molecule has 1 atom stereocenters. The van der Waals surface area contributed by atoms with E-state index in [0.29, 0.717) is 12.1 Å². The number of aliphatic hydroxyl groups excluding tert-OH is 1. The van der Waals surface area contributed by atoms with Gasteiger partial charge in [-0.1, -0.05) is 6.92 Å². The summed E-state index contributed by atoms with van der Waals surface area (Å²) in [5.41, 5.74) is -1.34. The average Bonchev–Trinajstić information content (AvgIpc) is 2.35. The van der Waals surface area contributed by atoms with Gasteiger partial charge < -0.3 is 10.2 Å². The second-order valence-corrected chi connectivity index (χ2v) is 5.63. The third-order valence-electron chi connectivity index (χ3n) is 2.59. The first-order valence-electron chi connectivity index (χ1n) is 5.59. The van der Waals surface area contributed by atoms with Crippen LogP contribution in [0.3, 0.4) is 0 Å². The molecule has 0 aliphatic carbocycles. The molecule has 0 aromatic heterocycles. The van der Waals surface area contributed by atoms with Gasteiger partial charge in [0.05, 0.1) is 6.61 Å². The minimum absolute atomic E-state index is 0.240. The number of carboxylic acid groups (broad SMARTS) is 1. The first-order chi connectivity index (χ1) is 9.24. The van der Waals surface area contributed by atoms with Crippen LogP contribution in [0, 0.1) is 11.6 Å². The Hall–Kier alpha value is -1.58. The SMILES string of the molecule is CCC(CO)NS(=O)(=O)c1ccc(F)c(C(=O)O)c1F. The Morgan fingerprint density at radius 3 is 2.45 bits per heavy atom. The molecule has 6 nitrogen and oxygen atoms in total. The van der Waals surface area contributed by atoms with Gasteiger partial charge >= 0.3 is 5.97 Å². The molecular weight excluding hydrogens is 296 g/mol. The first-order valence-corrected chi connectivity index (χ1v) is 7.07. The monoisotopic (exact) mass is 309 g/mol. The summed E-state index contributed by atoms with van der Waals surface area (Å²) in [6.07, 6.45) is 0.240. The van der Waals surface area contributed by atoms with E-state index in [1.54, 1.807) is 6.92 Å². The summed E-state index contributed by atoms with van der Waals surface area (Å²) in [6.45, 7) is 1.08. The molecule has 20 heavy (non-hydrogen) atoms. The van der Waals surface area contributed by atoms with Gasteiger partial charge in [-0.3, -0.25) is 0 Å². The Morgan fingerprint density at radius 2 is 2.00 bits per heavy atom. The Kier molecular flexibility index (Phi) is 5.15. The molecule has 0 saturated heterocycles. The van der Waals surface area contributed by atoms with Crippen molar-refractivity contribution in [3.8, 4) is 0 Å². The molecule has 1 aromatic rings. The predicted molar refractivity (Wildman–Crippen MR) is 64.8 cm³/mol. The Morgan fingerprint density at radius 1 is 1.40 bits per heavy atom. The molecule has 9 heteroatoms. The fourth-order valence-electron chi connectivity index (χ4n) is 1.47. The molecule has 0 bridgehead atoms. The summed E-state index contributed by atoms with van der Waals surface area (Å²) in [5.74, 6) is -4.97. The molecule has 3 N–H and O–H groups in total. The third kappa shape index (κ3) is 3.30. The topological polar surface area (TPSA) is 104 Å². The van der Waals surface area contributed by atoms with Crippen LogP contribution in [0.25, 0.3) is 0 Å². The van der Waals surface area contributed by atoms with Crippen LogP contribution >= 0.6 is 0 Å². The van der Waals surface area contributed by atoms with Crippen molar-refractivity contribution >= 4 is 16.0 Å². The van der Waals surface area contributed by atoms with Gasteiger partial charge in [0.2, 0.25) is 10.0 Å². The lowest BCUT2D eigenvalue weighted by molar-refractivity contribution is 0.0685. The van der Waals surface area contributed by atoms with E-state index in [0.717, 1.165) is 0 Å². The van der Waals surface area contributed by atoms with Crippen LogP contribution in [-0.2, 0) is 10.0 Å². The number of carboxylic acids is 1. The van der Waals surface area contributed by atoms with Crippen LogP contribution in [0.5, 0.6) is 0 Å². The zero-order chi connectivity index (χ0) is 15.5. The highest BCUT2D eigenvalue weighted by atomic mass is 32.2. The number of aliphatic hydroxyl groups is 1. The summed E-state index contributed by atoms with van der Waals surface area (Å²) >= 11 is 0. The molecule has 0 heterocycles. The van der Waals surface area contributed by atoms with Crippen LogP contribution in [0.4, 0.5) is 8.78 Å². The molecular formula is C11H13F2NO5S. The zero-order valence-corrected chi connectivity index (χ0v) is 11.2. The van der Waals surface area contributed by atoms with Crippen molar-refractivity contribution < 1.29 is 32.2 Å². The lowest BCUT2D eigenvalue weighted by Gasteiger charge is -2.15. The van der Waals surface area contributed by atoms with E-state index >= 15 is 0 Å². The van der Waals surface area contributed by atoms with Gasteiger partial charge in [0, 0.05) is 6.04 Å². The Balaban J connectivity index is 3.33. The maximum absolute atomic E-state index is 13.8. The third-order valence-corrected chi connectivity index (χ3v) is 4.13. The number of carbonyl (C=O) groups is 1. The standard InChI is InChI=1S/C11H13F2NO5S/c1-2-6(5-15)14-20(18,19)8-4-3-7(12)9(10(8)13)11(16)17/h3-4,6,14-15H,2,5H2,1H3,(H,16,17). The molecule has 0 amide bonds. The number of sulfonamides is 1. The quantitative estimate of drug-likeness (QED) is 0.718. The summed E-state index contributed by atoms with van der Waals surface area (Å²) in [6, 6.07) is 0.336. The van der Waals surface area contributed by atoms with Crippen LogP contribution in [0.2, 0.25) is 0 Å². The van der Waals surface area contributed by atoms with Gasteiger partial charge in [-0.25, -0.2) is 26.7 Å². The minimum Gasteiger partial charge on any atom is -0.477 e. The van der Waals surface area contributed by atoms with Crippen LogP contribution in [0.1, 0.15) is 23.7 Å². The smallest absolute Gasteiger partial charge is 0.341 e. The lowest BCUT2D eigenvalue weighted by Crippen LogP contribution is -2.37. The van der Waals surface area contributed by atoms with Crippen molar-refractivity contribution in [3.63, 3.8) is 0 Å². The second-order valence-electron chi connectivity index (χ2n) is 3.95. The molecule has 1 rings (SSSR count). The van der Waals surface area contributed by atoms with E-state index in [-0.39, 0.29) is 6.42 Å². The second kappa shape index (κ2) is 6.25. The van der Waals surface area contributed by atoms with E-state index < -0.39 is 50.7 Å². The molecule has 112 valence electrons. The predicted octanol–water partition coefficient (Wildman–Crippen LogP) is 0.712. The largest absolute Gasteiger partial charge is 0.477 e. The van der Waals surface area contributed by atoms with Crippen molar-refractivity contribution in [3.05, 3.63) is 29.3 Å². The Bertz CT molecular complexity index is 613. The summed E-state index contributed by atoms with van der Waals surface area (Å²) < 4.78 is 52.8. The average molecular weight is 309 g/mol. The van der Waals surface area contributed by atoms with Crippen molar-refractivity contribution in [1.82, 2.24) is 4.72 Å². The van der Waals surface area contributed by atoms with Gasteiger partial charge in [-0.15, -0.1) is 0 Å². The number of nitrogens with one attached hydrogen (secondary N) is 1. The van der Waals surface area contributed by atoms with Crippen molar-refractivity contribution in [1.29, 1.82) is 0 Å². The number of rotatable bonds is 6. The molecule has 0 radical (unpaired) electrons. The molecule has 0 fully saturated rings. The Labute approximate surface area is 114 Å². The summed E-state index contributed by atoms with van der Waals surface area (Å²) in [7, 11) is -4.40. The number of hydrogen-bond donors (Lipinski definition) is 3. The lowest BCUT2D eigenvalue weighted by atomic mass is 10.2. The van der Waals surface area contributed by atoms with E-state index in [1.807, 2.05) is 4.72 Å². The fourth-order valence-corrected chi connectivity index (χ4v) is 2.86. The van der Waals surface area contributed by atoms with Crippen molar-refractivity contribution in [2.75, 3.05) is 6.61 Å². The number of hydrogen-bond acceptors (Lipinski definition) is 4. The van der Waals surface area contributed by atoms with Gasteiger partial charge in [-0.2, -0.15) is 0 Å². The molecule has 0 aliphatic heterocycles. The van der Waals surface area contributed by atoms with Gasteiger partial charge in [0.15, 0.2) is 5.82 Å². The minimum atomic E-state index is -4.40. The molecule has 1 aromatic carbocycles. The van der Waals surface area contributed by atoms with E-state index in [1.165, 1.54) is 0 Å². The molecule has 0 spiro atoms. The highest BCUT2D eigenvalue weighted by Crippen LogP contribution is 2.21. The fraction of sp³-hybridized carbons (Fsp3) is 0.364. The highest BCUT2D eigenvalue weighted by Gasteiger charge is 2.28. The maximum atomic E-state index is 13.8. The van der Waals surface area contributed by atoms with E-state index in [4.69, 9.17) is 10.2 Å². The highest BCUT2D eigenvalue weighted by molar-refractivity contribution is 7.89. The number of aromatic carboxylic acids is 1. The normalized spacial score (nSPS) is 13.2. The maximum Gasteiger partial charge on any atom is 0.341 e. The van der Waals surface area contributed by atoms with Crippen LogP contribution in [0.15, 0.2) is 17.0 Å². The van der Waals surface area contributed by atoms with E-state index in [9.17, 15) is 22.0 Å². The van der Waals surface area contributed by atoms with Crippen molar-refractivity contribution in [2.45, 2.75) is 24.3 Å². The van der Waals surface area contributed by atoms with Gasteiger partial charge in [0.1, 0.15) is 16.3 Å². The van der Waals surface area contributed by atoms with Crippen molar-refractivity contribution in [2.24, 2.45) is 0 Å². The number of benzene rings is 1. The van der Waals surface area contributed by atoms with Gasteiger partial charge in [-0.05, 0) is 18.6 Å². The molecule has 0 saturated carbocycles. The van der Waals surface area contributed by atoms with Gasteiger partial charge in [0.25, 0.3) is 0 Å². The summed E-state index contributed by atoms with van der Waals surface area (Å²) in [4.78, 5) is 9.74. The number of halogens is 2. The first kappa shape index (κ1) is 16.5. The zero-order valence-electron chi connectivity index (χ0n) is 10.4. The summed E-state index contributed by atoms with van der Waals surface area (Å²) in [5, 5.41) is 17.6.